The van der Waals surface area contributed by atoms with Gasteiger partial charge in [-0.3, -0.25) is 0 Å². The molecule has 6 aromatic rings. The molecule has 0 aliphatic rings. The molecular weight excluding hydrogens is 1020 g/mol. The minimum atomic E-state index is 0.166. The molecule has 0 atom stereocenters. The second-order valence-electron chi connectivity index (χ2n) is 11.4. The number of rotatable bonds is 4. The van der Waals surface area contributed by atoms with Crippen molar-refractivity contribution >= 4 is 197 Å². The maximum atomic E-state index is 7.09. The van der Waals surface area contributed by atoms with E-state index in [1.807, 2.05) is 0 Å². The predicted molar refractivity (Wildman–Crippen MR) is 239 cm³/mol. The Hall–Kier alpha value is -0.300. The molecule has 54 heavy (non-hydrogen) atoms. The second-order valence-corrected chi connectivity index (χ2v) is 18.0. The van der Waals surface area contributed by atoms with Crippen LogP contribution >= 0.6 is 186 Å². The molecule has 6 aromatic carbocycles. The molecule has 276 valence electrons. The van der Waals surface area contributed by atoms with E-state index in [1.54, 1.807) is 24.3 Å². The second kappa shape index (κ2) is 17.5. The Morgan fingerprint density at radius 3 is 0.556 bits per heavy atom. The summed E-state index contributed by atoms with van der Waals surface area (Å²) in [6.45, 7) is 0. The largest absolute Gasteiger partial charge is 0.0842 e. The lowest BCUT2D eigenvalue weighted by molar-refractivity contribution is 1.41. The minimum Gasteiger partial charge on any atom is -0.0842 e. The Morgan fingerprint density at radius 2 is 0.389 bits per heavy atom. The van der Waals surface area contributed by atoms with Gasteiger partial charge in [-0.25, -0.2) is 0 Å². The van der Waals surface area contributed by atoms with Crippen molar-refractivity contribution in [3.8, 4) is 0 Å². The van der Waals surface area contributed by atoms with Gasteiger partial charge in [-0.1, -0.05) is 186 Å². The molecule has 0 aliphatic carbocycles. The van der Waals surface area contributed by atoms with Crippen molar-refractivity contribution < 1.29 is 0 Å². The lowest BCUT2D eigenvalue weighted by Gasteiger charge is -2.18. The number of halogens is 16. The quantitative estimate of drug-likeness (QED) is 0.165. The molecule has 0 aliphatic heterocycles. The molecule has 0 heterocycles. The first-order chi connectivity index (χ1) is 25.4. The van der Waals surface area contributed by atoms with Crippen LogP contribution in [0.1, 0.15) is 22.3 Å². The Labute approximate surface area is 388 Å². The van der Waals surface area contributed by atoms with Crippen LogP contribution in [0.4, 0.5) is 0 Å². The fraction of sp³-hybridized carbons (Fsp3) is 0. The van der Waals surface area contributed by atoms with E-state index in [4.69, 9.17) is 186 Å². The van der Waals surface area contributed by atoms with Crippen LogP contribution in [0.3, 0.4) is 0 Å². The van der Waals surface area contributed by atoms with Gasteiger partial charge in [-0.05, 0) is 83.2 Å². The van der Waals surface area contributed by atoms with E-state index >= 15 is 0 Å². The first-order valence-corrected chi connectivity index (χ1v) is 20.7. The van der Waals surface area contributed by atoms with Gasteiger partial charge in [0, 0.05) is 63.9 Å². The van der Waals surface area contributed by atoms with Gasteiger partial charge >= 0.3 is 0 Å². The summed E-state index contributed by atoms with van der Waals surface area (Å²) in [5.41, 5.74) is 1.94. The van der Waals surface area contributed by atoms with E-state index < -0.39 is 0 Å². The van der Waals surface area contributed by atoms with E-state index in [0.717, 1.165) is 0 Å². The maximum absolute atomic E-state index is 7.09. The zero-order valence-corrected chi connectivity index (χ0v) is 38.1. The third-order valence-corrected chi connectivity index (χ3v) is 12.4. The van der Waals surface area contributed by atoms with Crippen LogP contribution < -0.4 is 10.4 Å². The number of hydrogen-bond acceptors (Lipinski definition) is 0. The van der Waals surface area contributed by atoms with Crippen LogP contribution in [0, 0.1) is 10.4 Å². The molecule has 0 amide bonds. The van der Waals surface area contributed by atoms with Crippen molar-refractivity contribution in [2.45, 2.75) is 0 Å². The Balaban J connectivity index is 1.77. The van der Waals surface area contributed by atoms with E-state index in [-0.39, 0.29) is 60.3 Å². The summed E-state index contributed by atoms with van der Waals surface area (Å²) in [6.07, 6.45) is 0. The highest BCUT2D eigenvalue weighted by atomic mass is 35.5. The summed E-state index contributed by atoms with van der Waals surface area (Å²) in [5.74, 6) is 0. The van der Waals surface area contributed by atoms with Gasteiger partial charge in [0.2, 0.25) is 0 Å². The molecule has 0 aromatic heterocycles. The smallest absolute Gasteiger partial charge is 0.0514 e. The van der Waals surface area contributed by atoms with Gasteiger partial charge in [-0.2, -0.15) is 0 Å². The average molecular weight is 1040 g/mol. The number of benzene rings is 6. The fourth-order valence-electron chi connectivity index (χ4n) is 5.83. The van der Waals surface area contributed by atoms with E-state index in [1.165, 1.54) is 48.5 Å². The minimum absolute atomic E-state index is 0.166. The van der Waals surface area contributed by atoms with Crippen LogP contribution in [0.5, 0.6) is 0 Å². The first kappa shape index (κ1) is 43.3. The van der Waals surface area contributed by atoms with Crippen molar-refractivity contribution in [2.24, 2.45) is 0 Å². The van der Waals surface area contributed by atoms with Crippen LogP contribution in [0.25, 0.3) is 11.1 Å². The highest BCUT2D eigenvalue weighted by molar-refractivity contribution is 6.46. The van der Waals surface area contributed by atoms with Crippen LogP contribution in [-0.2, 0) is 0 Å². The summed E-state index contributed by atoms with van der Waals surface area (Å²) in [4.78, 5) is 0. The number of hydrogen-bond donors (Lipinski definition) is 0. The highest BCUT2D eigenvalue weighted by Crippen LogP contribution is 2.44. The van der Waals surface area contributed by atoms with Gasteiger partial charge in [0.05, 0.1) is 60.3 Å². The molecule has 0 saturated carbocycles. The molecule has 0 saturated heterocycles. The van der Waals surface area contributed by atoms with Crippen LogP contribution in [0.2, 0.25) is 80.4 Å². The SMILES string of the molecule is Clc1cc(Cl)c(C(c2c(Cl)cc(Cl)cc2Cl)=c2c(Cl)cc(=c3cc(Cl)c(=C(c4c(Cl)cc(Cl)cc4Cl)c4c(Cl)cc(Cl)cc4Cl)c(Cl)c3)cc2Cl)c(Cl)c1. The normalized spacial score (nSPS) is 11.3. The molecule has 0 fully saturated rings. The van der Waals surface area contributed by atoms with Crippen molar-refractivity contribution in [1.29, 1.82) is 0 Å². The zero-order valence-electron chi connectivity index (χ0n) is 26.0. The average Bonchev–Trinajstić information content (AvgIpc) is 3.01. The molecule has 0 N–H and O–H groups in total. The summed E-state index contributed by atoms with van der Waals surface area (Å²) >= 11 is 107. The fourth-order valence-corrected chi connectivity index (χ4v) is 11.2. The lowest BCUT2D eigenvalue weighted by atomic mass is 9.94. The van der Waals surface area contributed by atoms with Gasteiger partial charge < -0.3 is 0 Å². The van der Waals surface area contributed by atoms with Gasteiger partial charge in [0.15, 0.2) is 0 Å². The molecule has 0 nitrogen and oxygen atoms in total. The third kappa shape index (κ3) is 8.68. The predicted octanol–water partition coefficient (Wildman–Crippen LogP) is 17.9. The van der Waals surface area contributed by atoms with Crippen LogP contribution in [-0.4, -0.2) is 0 Å². The highest BCUT2D eigenvalue weighted by Gasteiger charge is 2.25. The van der Waals surface area contributed by atoms with E-state index in [2.05, 4.69) is 0 Å². The molecule has 0 bridgehead atoms. The van der Waals surface area contributed by atoms with E-state index in [9.17, 15) is 0 Å². The van der Waals surface area contributed by atoms with Gasteiger partial charge in [0.25, 0.3) is 0 Å². The third-order valence-electron chi connectivity index (χ3n) is 7.95. The zero-order chi connectivity index (χ0) is 39.5. The van der Waals surface area contributed by atoms with Gasteiger partial charge in [-0.15, -0.1) is 0 Å². The molecule has 16 heteroatoms. The van der Waals surface area contributed by atoms with Crippen molar-refractivity contribution in [3.63, 3.8) is 0 Å². The van der Waals surface area contributed by atoms with Crippen molar-refractivity contribution in [1.82, 2.24) is 0 Å². The Morgan fingerprint density at radius 1 is 0.222 bits per heavy atom. The molecule has 0 radical (unpaired) electrons. The molecule has 6 rings (SSSR count). The summed E-state index contributed by atoms with van der Waals surface area (Å²) in [7, 11) is 0. The topological polar surface area (TPSA) is 0 Å². The monoisotopic (exact) mass is 1030 g/mol. The molecule has 0 spiro atoms. The summed E-state index contributed by atoms with van der Waals surface area (Å²) < 4.78 is 0. The van der Waals surface area contributed by atoms with Crippen LogP contribution in [0.15, 0.2) is 72.8 Å². The summed E-state index contributed by atoms with van der Waals surface area (Å²) in [5, 5.41) is 5.00. The maximum Gasteiger partial charge on any atom is 0.0514 e. The lowest BCUT2D eigenvalue weighted by Crippen LogP contribution is -2.14. The standard InChI is InChI=1S/C38H12Cl16/c39-15-5-23(47)33(24(48)6-15)37(34-25(49)7-16(40)8-26(34)50)31-19(43)1-13(2-20(31)44)14-3-21(45)32(22(46)4-14)38(35-27(51)9-17(41)10-28(35)52)36-29(53)11-18(42)12-30(36)54/h1-12H. The van der Waals surface area contributed by atoms with E-state index in [0.29, 0.717) is 74.4 Å². The van der Waals surface area contributed by atoms with Gasteiger partial charge in [0.1, 0.15) is 0 Å². The first-order valence-electron chi connectivity index (χ1n) is 14.7. The van der Waals surface area contributed by atoms with Crippen molar-refractivity contribution in [3.05, 3.63) is 196 Å². The summed E-state index contributed by atoms with van der Waals surface area (Å²) in [6, 6.07) is 18.8. The molecule has 0 unspecified atom stereocenters. The molecular formula is C38H12Cl16. The van der Waals surface area contributed by atoms with Crippen molar-refractivity contribution in [2.75, 3.05) is 0 Å². The Kier molecular flexibility index (Phi) is 14.0. The Bertz CT molecular complexity index is 2330.